The molecule has 2 aliphatic heterocycles. The van der Waals surface area contributed by atoms with Crippen LogP contribution in [0.1, 0.15) is 16.7 Å². The van der Waals surface area contributed by atoms with Gasteiger partial charge < -0.3 is 14.0 Å². The number of aryl methyl sites for hydroxylation is 3. The molecule has 0 saturated carbocycles. The van der Waals surface area contributed by atoms with Crippen molar-refractivity contribution in [2.45, 2.75) is 20.8 Å². The van der Waals surface area contributed by atoms with Gasteiger partial charge in [0.1, 0.15) is 11.6 Å². The first-order valence-electron chi connectivity index (χ1n) is 13.0. The largest absolute Gasteiger partial charge is 0.308 e. The van der Waals surface area contributed by atoms with Gasteiger partial charge in [-0.2, -0.15) is 0 Å². The lowest BCUT2D eigenvalue weighted by Crippen LogP contribution is -2.46. The summed E-state index contributed by atoms with van der Waals surface area (Å²) in [7, 11) is -7.25. The van der Waals surface area contributed by atoms with Gasteiger partial charge in [0.25, 0.3) is 0 Å². The van der Waals surface area contributed by atoms with E-state index in [1.807, 2.05) is 74.2 Å². The lowest BCUT2D eigenvalue weighted by Gasteiger charge is -2.44. The normalized spacial score (nSPS) is 20.5. The molecule has 7 rings (SSSR count). The predicted molar refractivity (Wildman–Crippen MR) is 161 cm³/mol. The first-order valence-corrected chi connectivity index (χ1v) is 16.4. The Hall–Kier alpha value is -3.78. The third-order valence-corrected chi connectivity index (χ3v) is 14.0. The van der Waals surface area contributed by atoms with Crippen LogP contribution in [0.3, 0.4) is 0 Å². The van der Waals surface area contributed by atoms with Crippen LogP contribution in [-0.2, 0) is 9.13 Å². The Labute approximate surface area is 231 Å². The lowest BCUT2D eigenvalue weighted by molar-refractivity contribution is 0.591. The van der Waals surface area contributed by atoms with Crippen LogP contribution in [0.4, 0.5) is 25.8 Å². The SMILES string of the molecule is Cc1ccc2c(c1)P(=O)(c1cccc(F)c1)c1cc(C)cc3c1N2c1ccc(C)cc1P3(=O)c1cccc(F)c1. The Morgan fingerprint density at radius 1 is 0.525 bits per heavy atom. The third-order valence-electron chi connectivity index (χ3n) is 7.88. The number of hydrogen-bond donors (Lipinski definition) is 0. The Bertz CT molecular complexity index is 1860. The van der Waals surface area contributed by atoms with Gasteiger partial charge in [0.05, 0.1) is 17.1 Å². The number of anilines is 3. The van der Waals surface area contributed by atoms with Gasteiger partial charge in [-0.25, -0.2) is 8.78 Å². The molecule has 0 aliphatic carbocycles. The van der Waals surface area contributed by atoms with Crippen molar-refractivity contribution >= 4 is 63.2 Å². The second-order valence-corrected chi connectivity index (χ2v) is 16.0. The number of nitrogens with zero attached hydrogens (tertiary/aromatic N) is 1. The highest BCUT2D eigenvalue weighted by Gasteiger charge is 2.50. The van der Waals surface area contributed by atoms with E-state index in [4.69, 9.17) is 0 Å². The van der Waals surface area contributed by atoms with Gasteiger partial charge in [-0.15, -0.1) is 0 Å². The number of halogens is 2. The van der Waals surface area contributed by atoms with Gasteiger partial charge in [-0.1, -0.05) is 47.5 Å². The molecule has 2 atom stereocenters. The Morgan fingerprint density at radius 3 is 1.38 bits per heavy atom. The molecule has 3 nitrogen and oxygen atoms in total. The summed E-state index contributed by atoms with van der Waals surface area (Å²) in [6, 6.07) is 27.3. The Morgan fingerprint density at radius 2 is 0.950 bits per heavy atom. The zero-order valence-electron chi connectivity index (χ0n) is 22.2. The van der Waals surface area contributed by atoms with Gasteiger partial charge in [0.15, 0.2) is 14.3 Å². The summed E-state index contributed by atoms with van der Waals surface area (Å²) in [4.78, 5) is 2.04. The summed E-state index contributed by atoms with van der Waals surface area (Å²) >= 11 is 0. The van der Waals surface area contributed by atoms with E-state index in [1.165, 1.54) is 24.3 Å². The van der Waals surface area contributed by atoms with Crippen LogP contribution in [-0.4, -0.2) is 0 Å². The predicted octanol–water partition coefficient (Wildman–Crippen LogP) is 6.27. The minimum atomic E-state index is -3.63. The standard InChI is InChI=1S/C33H25F2NO2P2/c1-20-10-12-27-29(14-20)39(37,25-8-4-6-23(34)18-25)31-16-22(3)17-32-33(31)36(27)28-13-11-21(2)15-30(28)40(32,38)26-9-5-7-24(35)19-26/h4-19H,1-3H3. The molecule has 5 aromatic rings. The minimum Gasteiger partial charge on any atom is -0.308 e. The number of hydrogen-bond acceptors (Lipinski definition) is 3. The highest BCUT2D eigenvalue weighted by atomic mass is 31.2. The number of rotatable bonds is 2. The maximum absolute atomic E-state index is 15.6. The Kier molecular flexibility index (Phi) is 5.42. The monoisotopic (exact) mass is 567 g/mol. The highest BCUT2D eigenvalue weighted by molar-refractivity contribution is 7.88. The van der Waals surface area contributed by atoms with E-state index in [0.717, 1.165) is 16.7 Å². The Balaban J connectivity index is 1.69. The second kappa shape index (κ2) is 8.61. The average molecular weight is 568 g/mol. The molecule has 0 N–H and O–H groups in total. The maximum atomic E-state index is 15.6. The van der Waals surface area contributed by atoms with Crippen LogP contribution < -0.4 is 36.7 Å². The molecular formula is C33H25F2NO2P2. The molecule has 0 bridgehead atoms. The summed E-state index contributed by atoms with van der Waals surface area (Å²) in [5.74, 6) is -0.950. The molecule has 0 fully saturated rings. The lowest BCUT2D eigenvalue weighted by atomic mass is 10.1. The summed E-state index contributed by atoms with van der Waals surface area (Å²) < 4.78 is 60.5. The zero-order chi connectivity index (χ0) is 28.0. The van der Waals surface area contributed by atoms with Crippen molar-refractivity contribution in [3.63, 3.8) is 0 Å². The van der Waals surface area contributed by atoms with Crippen LogP contribution in [0, 0.1) is 32.4 Å². The third kappa shape index (κ3) is 3.35. The summed E-state index contributed by atoms with van der Waals surface area (Å²) in [5, 5.41) is 2.99. The van der Waals surface area contributed by atoms with Crippen LogP contribution >= 0.6 is 14.3 Å². The molecule has 0 aromatic heterocycles. The molecule has 0 spiro atoms. The molecule has 2 unspecified atom stereocenters. The van der Waals surface area contributed by atoms with Crippen molar-refractivity contribution in [3.05, 3.63) is 125 Å². The fraction of sp³-hybridized carbons (Fsp3) is 0.0909. The zero-order valence-corrected chi connectivity index (χ0v) is 23.9. The summed E-state index contributed by atoms with van der Waals surface area (Å²) in [6.07, 6.45) is 0. The van der Waals surface area contributed by atoms with Gasteiger partial charge in [0.2, 0.25) is 0 Å². The van der Waals surface area contributed by atoms with Crippen molar-refractivity contribution in [1.29, 1.82) is 0 Å². The van der Waals surface area contributed by atoms with E-state index in [1.54, 1.807) is 24.3 Å². The van der Waals surface area contributed by atoms with Gasteiger partial charge >= 0.3 is 0 Å². The molecule has 0 saturated heterocycles. The first kappa shape index (κ1) is 25.2. The van der Waals surface area contributed by atoms with E-state index in [0.29, 0.717) is 48.9 Å². The minimum absolute atomic E-state index is 0.377. The van der Waals surface area contributed by atoms with Gasteiger partial charge in [-0.05, 0) is 87.0 Å². The van der Waals surface area contributed by atoms with Crippen LogP contribution in [0.25, 0.3) is 0 Å². The number of benzene rings is 5. The smallest absolute Gasteiger partial charge is 0.175 e. The summed E-state index contributed by atoms with van der Waals surface area (Å²) in [6.45, 7) is 5.77. The molecule has 0 radical (unpaired) electrons. The molecule has 0 amide bonds. The van der Waals surface area contributed by atoms with Gasteiger partial charge in [-0.3, -0.25) is 0 Å². The van der Waals surface area contributed by atoms with Gasteiger partial charge in [0, 0.05) is 31.8 Å². The first-order chi connectivity index (χ1) is 19.1. The van der Waals surface area contributed by atoms with Crippen molar-refractivity contribution in [2.24, 2.45) is 0 Å². The van der Waals surface area contributed by atoms with E-state index >= 15 is 9.13 Å². The topological polar surface area (TPSA) is 37.4 Å². The molecular weight excluding hydrogens is 542 g/mol. The van der Waals surface area contributed by atoms with Crippen molar-refractivity contribution in [3.8, 4) is 0 Å². The second-order valence-electron chi connectivity index (χ2n) is 10.6. The molecule has 5 aromatic carbocycles. The van der Waals surface area contributed by atoms with E-state index in [2.05, 4.69) is 0 Å². The fourth-order valence-electron chi connectivity index (χ4n) is 6.13. The van der Waals surface area contributed by atoms with E-state index in [9.17, 15) is 8.78 Å². The van der Waals surface area contributed by atoms with E-state index < -0.39 is 25.9 Å². The van der Waals surface area contributed by atoms with Crippen molar-refractivity contribution < 1.29 is 17.9 Å². The molecule has 7 heteroatoms. The highest BCUT2D eigenvalue weighted by Crippen LogP contribution is 2.60. The van der Waals surface area contributed by atoms with Crippen LogP contribution in [0.5, 0.6) is 0 Å². The summed E-state index contributed by atoms with van der Waals surface area (Å²) in [5.41, 5.74) is 4.60. The van der Waals surface area contributed by atoms with Crippen molar-refractivity contribution in [2.75, 3.05) is 4.90 Å². The van der Waals surface area contributed by atoms with Crippen molar-refractivity contribution in [1.82, 2.24) is 0 Å². The molecule has 2 heterocycles. The van der Waals surface area contributed by atoms with Crippen LogP contribution in [0.15, 0.2) is 97.1 Å². The molecule has 2 aliphatic rings. The molecule has 198 valence electrons. The van der Waals surface area contributed by atoms with Crippen LogP contribution in [0.2, 0.25) is 0 Å². The van der Waals surface area contributed by atoms with E-state index in [-0.39, 0.29) is 0 Å². The average Bonchev–Trinajstić information content (AvgIpc) is 2.93. The number of fused-ring (bicyclic) bond motifs is 4. The fourth-order valence-corrected chi connectivity index (χ4v) is 12.6. The quantitative estimate of drug-likeness (QED) is 0.231. The molecule has 40 heavy (non-hydrogen) atoms. The maximum Gasteiger partial charge on any atom is 0.175 e.